The van der Waals surface area contributed by atoms with Crippen LogP contribution < -0.4 is 9.80 Å². The molecule has 3 heterocycles. The van der Waals surface area contributed by atoms with Gasteiger partial charge in [-0.25, -0.2) is 0 Å². The maximum absolute atomic E-state index is 5.10. The molecule has 3 aliphatic heterocycles. The van der Waals surface area contributed by atoms with E-state index in [1.165, 1.54) is 138 Å². The number of hydrogen-bond acceptors (Lipinski definition) is 2. The van der Waals surface area contributed by atoms with Crippen molar-refractivity contribution < 1.29 is 4.58 Å². The van der Waals surface area contributed by atoms with Gasteiger partial charge in [0.1, 0.15) is 7.05 Å². The molecule has 98 heavy (non-hydrogen) atoms. The van der Waals surface area contributed by atoms with Crippen LogP contribution in [0.15, 0.2) is 315 Å². The van der Waals surface area contributed by atoms with Crippen LogP contribution in [0.3, 0.4) is 0 Å². The first-order valence-corrected chi connectivity index (χ1v) is 35.6. The number of nitrogens with zero attached hydrogens (tertiary/aromatic N) is 3. The first kappa shape index (κ1) is 63.7. The Morgan fingerprint density at radius 3 is 1.38 bits per heavy atom. The zero-order valence-electron chi connectivity index (χ0n) is 58.6. The van der Waals surface area contributed by atoms with Crippen LogP contribution in [0.5, 0.6) is 0 Å². The summed E-state index contributed by atoms with van der Waals surface area (Å²) in [5.74, 6) is 0.0396. The summed E-state index contributed by atoms with van der Waals surface area (Å²) >= 11 is 0. The van der Waals surface area contributed by atoms with Crippen molar-refractivity contribution in [3.63, 3.8) is 0 Å². The Kier molecular flexibility index (Phi) is 16.6. The zero-order valence-corrected chi connectivity index (χ0v) is 58.6. The van der Waals surface area contributed by atoms with Gasteiger partial charge in [-0.15, -0.1) is 0 Å². The SMILES string of the molecule is C=C(/C=C/C=C1/N(CC)c2ccc3ccccc3c2C1(C)Cc1ccccc1)C(C)(Cc1ccccc1)c1c(C)cc(C(C)c2cc3c(c4ccccc24)C(C)(Cc2ccccc2)C(/C=C/C=C2/N(CC)c4ccc5ccccc5c4C2(C)Cc2ccccc2)=[N+]3C)c2ccccc12. The summed E-state index contributed by atoms with van der Waals surface area (Å²) in [7, 11) is 2.32. The monoisotopic (exact) mass is 1270 g/mol. The van der Waals surface area contributed by atoms with Crippen LogP contribution in [0, 0.1) is 6.92 Å². The molecule has 0 fully saturated rings. The number of aryl methyl sites for hydroxylation is 1. The lowest BCUT2D eigenvalue weighted by Gasteiger charge is -2.35. The highest BCUT2D eigenvalue weighted by Crippen LogP contribution is 2.56. The number of likely N-dealkylation sites (N-methyl/N-ethyl adjacent to an activating group) is 2. The van der Waals surface area contributed by atoms with Crippen molar-refractivity contribution in [1.29, 1.82) is 0 Å². The molecule has 0 N–H and O–H groups in total. The standard InChI is InChI=1S/C95H90N3/c1-11-97-82-57-55-72-44-25-27-46-74(72)89(82)94(8,63-70-40-21-15-22-41-70)86(97)53-33-35-66(4)92(6,61-68-36-17-13-18-37-68)88-65(3)59-80(76-48-29-31-50-78(76)88)67(5)81-60-84-91(79-51-32-30-49-77(79)81)93(7,62-69-38-19-14-20-39-69)85(96(84)10)52-34-54-87-95(9,64-71-42-23-16-24-43-71)90-75-47-28-26-45-73(75)56-58-83(90)98(87)12-2/h13-60,67H,4,11-12,61-64H2,1-3,5-10H3/q+1/b35-33+,86-53+. The quantitative estimate of drug-likeness (QED) is 0.0626. The van der Waals surface area contributed by atoms with E-state index >= 15 is 0 Å². The second-order valence-electron chi connectivity index (χ2n) is 29.0. The topological polar surface area (TPSA) is 9.49 Å². The van der Waals surface area contributed by atoms with E-state index in [9.17, 15) is 0 Å². The molecule has 0 radical (unpaired) electrons. The average molecular weight is 1270 g/mol. The number of allylic oxidation sites excluding steroid dienone is 9. The summed E-state index contributed by atoms with van der Waals surface area (Å²) in [6.07, 6.45) is 17.7. The first-order chi connectivity index (χ1) is 47.7. The third-order valence-electron chi connectivity index (χ3n) is 22.9. The van der Waals surface area contributed by atoms with Gasteiger partial charge >= 0.3 is 0 Å². The van der Waals surface area contributed by atoms with Gasteiger partial charge in [0.05, 0.1) is 5.41 Å². The van der Waals surface area contributed by atoms with E-state index in [0.717, 1.165) is 44.3 Å². The third kappa shape index (κ3) is 10.7. The molecule has 0 aliphatic carbocycles. The van der Waals surface area contributed by atoms with Crippen LogP contribution in [0.4, 0.5) is 17.1 Å². The Morgan fingerprint density at radius 1 is 0.469 bits per heavy atom. The zero-order chi connectivity index (χ0) is 67.5. The van der Waals surface area contributed by atoms with Crippen molar-refractivity contribution in [3.05, 3.63) is 376 Å². The number of anilines is 2. The van der Waals surface area contributed by atoms with Crippen LogP contribution >= 0.6 is 0 Å². The molecule has 3 nitrogen and oxygen atoms in total. The second-order valence-corrected chi connectivity index (χ2v) is 29.0. The average Bonchev–Trinajstić information content (AvgIpc) is 1.55. The molecular weight excluding hydrogens is 1180 g/mol. The molecule has 12 aromatic rings. The first-order valence-electron chi connectivity index (χ1n) is 35.6. The van der Waals surface area contributed by atoms with Crippen molar-refractivity contribution in [1.82, 2.24) is 0 Å². The number of benzene rings is 12. The lowest BCUT2D eigenvalue weighted by Crippen LogP contribution is -2.33. The molecule has 0 saturated heterocycles. The van der Waals surface area contributed by atoms with Crippen molar-refractivity contribution in [2.24, 2.45) is 0 Å². The van der Waals surface area contributed by atoms with E-state index in [-0.39, 0.29) is 22.2 Å². The Morgan fingerprint density at radius 2 is 0.878 bits per heavy atom. The van der Waals surface area contributed by atoms with Gasteiger partial charge in [0, 0.05) is 75.7 Å². The Bertz CT molecular complexity index is 5240. The van der Waals surface area contributed by atoms with Gasteiger partial charge < -0.3 is 9.80 Å². The maximum Gasteiger partial charge on any atom is 0.210 e. The minimum absolute atomic E-state index is 0.0396. The highest BCUT2D eigenvalue weighted by atomic mass is 15.2. The van der Waals surface area contributed by atoms with Crippen LogP contribution in [-0.4, -0.2) is 30.4 Å². The lowest BCUT2D eigenvalue weighted by atomic mass is 9.68. The van der Waals surface area contributed by atoms with E-state index in [1.807, 2.05) is 0 Å². The summed E-state index contributed by atoms with van der Waals surface area (Å²) in [5, 5.41) is 10.4. The molecule has 0 aromatic heterocycles. The van der Waals surface area contributed by atoms with Gasteiger partial charge in [0.25, 0.3) is 0 Å². The van der Waals surface area contributed by atoms with Crippen LogP contribution in [-0.2, 0) is 47.3 Å². The lowest BCUT2D eigenvalue weighted by molar-refractivity contribution is -0.401. The van der Waals surface area contributed by atoms with E-state index in [1.54, 1.807) is 0 Å². The Labute approximate surface area is 581 Å². The Balaban J connectivity index is 0.837. The minimum atomic E-state index is -0.484. The van der Waals surface area contributed by atoms with Crippen molar-refractivity contribution in [3.8, 4) is 0 Å². The molecular formula is C95H90N3+. The molecule has 12 aromatic carbocycles. The summed E-state index contributed by atoms with van der Waals surface area (Å²) in [6.45, 7) is 26.1. The second kappa shape index (κ2) is 25.6. The molecule has 0 saturated carbocycles. The molecule has 0 bridgehead atoms. The van der Waals surface area contributed by atoms with Gasteiger partial charge in [0.2, 0.25) is 5.69 Å². The predicted octanol–water partition coefficient (Wildman–Crippen LogP) is 23.0. The molecule has 484 valence electrons. The number of rotatable bonds is 18. The fraction of sp³-hybridized carbons (Fsp3) is 0.211. The minimum Gasteiger partial charge on any atom is -0.344 e. The summed E-state index contributed by atoms with van der Waals surface area (Å²) in [4.78, 5) is 5.13. The van der Waals surface area contributed by atoms with Gasteiger partial charge in [0.15, 0.2) is 5.71 Å². The van der Waals surface area contributed by atoms with Gasteiger partial charge in [-0.3, -0.25) is 0 Å². The number of fused-ring (bicyclic) bond motifs is 10. The van der Waals surface area contributed by atoms with Crippen molar-refractivity contribution in [2.45, 2.75) is 109 Å². The van der Waals surface area contributed by atoms with E-state index in [2.05, 4.69) is 368 Å². The predicted molar refractivity (Wildman–Crippen MR) is 419 cm³/mol. The summed E-state index contributed by atoms with van der Waals surface area (Å²) in [6, 6.07) is 95.2. The van der Waals surface area contributed by atoms with E-state index in [0.29, 0.717) is 0 Å². The largest absolute Gasteiger partial charge is 0.344 e. The molecule has 3 aliphatic rings. The van der Waals surface area contributed by atoms with Gasteiger partial charge in [-0.2, -0.15) is 4.58 Å². The normalized spacial score (nSPS) is 20.0. The van der Waals surface area contributed by atoms with E-state index in [4.69, 9.17) is 6.58 Å². The molecule has 0 amide bonds. The summed E-state index contributed by atoms with van der Waals surface area (Å²) < 4.78 is 2.53. The fourth-order valence-corrected chi connectivity index (χ4v) is 18.4. The maximum atomic E-state index is 5.10. The van der Waals surface area contributed by atoms with Crippen LogP contribution in [0.25, 0.3) is 43.1 Å². The molecule has 5 atom stereocenters. The van der Waals surface area contributed by atoms with Crippen LogP contribution in [0.1, 0.15) is 116 Å². The Hall–Kier alpha value is -10.4. The smallest absolute Gasteiger partial charge is 0.210 e. The molecule has 0 spiro atoms. The number of hydrogen-bond donors (Lipinski definition) is 0. The van der Waals surface area contributed by atoms with E-state index < -0.39 is 5.41 Å². The molecule has 15 rings (SSSR count). The van der Waals surface area contributed by atoms with Crippen LogP contribution in [0.2, 0.25) is 0 Å². The third-order valence-corrected chi connectivity index (χ3v) is 22.9. The van der Waals surface area contributed by atoms with Crippen molar-refractivity contribution >= 4 is 65.9 Å². The molecule has 5 unspecified atom stereocenters. The highest BCUT2D eigenvalue weighted by Gasteiger charge is 2.50. The molecule has 3 heteroatoms. The highest BCUT2D eigenvalue weighted by molar-refractivity contribution is 6.09. The fourth-order valence-electron chi connectivity index (χ4n) is 18.4. The van der Waals surface area contributed by atoms with Gasteiger partial charge in [-0.1, -0.05) is 275 Å². The van der Waals surface area contributed by atoms with Gasteiger partial charge in [-0.05, 0) is 196 Å². The van der Waals surface area contributed by atoms with Crippen molar-refractivity contribution in [2.75, 3.05) is 29.9 Å². The summed E-state index contributed by atoms with van der Waals surface area (Å²) in [5.41, 5.74) is 22.2.